The van der Waals surface area contributed by atoms with Gasteiger partial charge in [-0.25, -0.2) is 0 Å². The second-order valence-corrected chi connectivity index (χ2v) is 6.77. The zero-order chi connectivity index (χ0) is 17.7. The molecule has 0 aliphatic carbocycles. The minimum Gasteiger partial charge on any atom is -0.366 e. The van der Waals surface area contributed by atoms with Gasteiger partial charge in [0.15, 0.2) is 0 Å². The summed E-state index contributed by atoms with van der Waals surface area (Å²) in [5, 5.41) is 3.00. The lowest BCUT2D eigenvalue weighted by atomic mass is 9.79. The summed E-state index contributed by atoms with van der Waals surface area (Å²) in [4.78, 5) is 23.6. The molecule has 0 saturated carbocycles. The monoisotopic (exact) mass is 324 g/mol. The lowest BCUT2D eigenvalue weighted by Gasteiger charge is -2.29. The highest BCUT2D eigenvalue weighted by molar-refractivity contribution is 5.99. The summed E-state index contributed by atoms with van der Waals surface area (Å²) in [5.41, 5.74) is 7.22. The van der Waals surface area contributed by atoms with Crippen LogP contribution in [0.2, 0.25) is 0 Å². The molecule has 2 amide bonds. The molecule has 3 N–H and O–H groups in total. The van der Waals surface area contributed by atoms with Gasteiger partial charge in [-0.2, -0.15) is 0 Å². The molecule has 0 bridgehead atoms. The van der Waals surface area contributed by atoms with Crippen molar-refractivity contribution in [2.75, 3.05) is 0 Å². The maximum Gasteiger partial charge on any atom is 0.251 e. The minimum absolute atomic E-state index is 0.00931. The van der Waals surface area contributed by atoms with Crippen LogP contribution in [0, 0.1) is 0 Å². The average Bonchev–Trinajstić information content (AvgIpc) is 2.55. The molecule has 2 aromatic carbocycles. The van der Waals surface area contributed by atoms with Crippen LogP contribution in [0.25, 0.3) is 0 Å². The molecule has 0 radical (unpaired) electrons. The first-order valence-corrected chi connectivity index (χ1v) is 8.06. The first-order valence-electron chi connectivity index (χ1n) is 8.06. The fourth-order valence-corrected chi connectivity index (χ4v) is 2.94. The molecule has 0 aliphatic heterocycles. The van der Waals surface area contributed by atoms with E-state index >= 15 is 0 Å². The Balaban J connectivity index is 2.04. The van der Waals surface area contributed by atoms with Crippen molar-refractivity contribution >= 4 is 11.8 Å². The van der Waals surface area contributed by atoms with Crippen LogP contribution in [0.3, 0.4) is 0 Å². The van der Waals surface area contributed by atoms with Crippen molar-refractivity contribution in [3.63, 3.8) is 0 Å². The molecule has 1 atom stereocenters. The van der Waals surface area contributed by atoms with E-state index in [2.05, 4.69) is 31.3 Å². The van der Waals surface area contributed by atoms with Gasteiger partial charge in [-0.15, -0.1) is 0 Å². The number of benzene rings is 2. The molecule has 0 fully saturated rings. The molecule has 0 aliphatic rings. The van der Waals surface area contributed by atoms with Crippen LogP contribution >= 0.6 is 0 Å². The summed E-state index contributed by atoms with van der Waals surface area (Å²) < 4.78 is 0. The van der Waals surface area contributed by atoms with Gasteiger partial charge >= 0.3 is 0 Å². The third-order valence-electron chi connectivity index (χ3n) is 4.16. The van der Waals surface area contributed by atoms with E-state index in [4.69, 9.17) is 5.73 Å². The molecule has 2 aromatic rings. The minimum atomic E-state index is -0.539. The quantitative estimate of drug-likeness (QED) is 0.856. The number of carbonyl (C=O) groups excluding carboxylic acids is 2. The van der Waals surface area contributed by atoms with Crippen LogP contribution < -0.4 is 11.1 Å². The van der Waals surface area contributed by atoms with Gasteiger partial charge in [0, 0.05) is 17.2 Å². The molecule has 2 rings (SSSR count). The van der Waals surface area contributed by atoms with Gasteiger partial charge in [-0.1, -0.05) is 50.2 Å². The van der Waals surface area contributed by atoms with Crippen molar-refractivity contribution in [1.29, 1.82) is 0 Å². The maximum atomic E-state index is 12.4. The van der Waals surface area contributed by atoms with Crippen LogP contribution in [-0.2, 0) is 5.41 Å². The van der Waals surface area contributed by atoms with E-state index in [1.165, 1.54) is 11.6 Å². The van der Waals surface area contributed by atoms with Crippen molar-refractivity contribution in [3.05, 3.63) is 71.3 Å². The van der Waals surface area contributed by atoms with Crippen LogP contribution in [0.15, 0.2) is 54.6 Å². The van der Waals surface area contributed by atoms with Crippen LogP contribution in [0.4, 0.5) is 0 Å². The van der Waals surface area contributed by atoms with Gasteiger partial charge in [-0.3, -0.25) is 9.59 Å². The van der Waals surface area contributed by atoms with E-state index in [-0.39, 0.29) is 17.4 Å². The predicted octanol–water partition coefficient (Wildman–Crippen LogP) is 3.27. The van der Waals surface area contributed by atoms with E-state index in [9.17, 15) is 9.59 Å². The van der Waals surface area contributed by atoms with Crippen LogP contribution in [0.1, 0.15) is 53.5 Å². The molecule has 4 nitrogen and oxygen atoms in total. The lowest BCUT2D eigenvalue weighted by molar-refractivity contribution is 0.0934. The van der Waals surface area contributed by atoms with Crippen LogP contribution in [-0.4, -0.2) is 17.9 Å². The van der Waals surface area contributed by atoms with Gasteiger partial charge < -0.3 is 11.1 Å². The molecule has 0 heterocycles. The Morgan fingerprint density at radius 3 is 2.29 bits per heavy atom. The van der Waals surface area contributed by atoms with E-state index < -0.39 is 5.91 Å². The van der Waals surface area contributed by atoms with Crippen molar-refractivity contribution < 1.29 is 9.59 Å². The van der Waals surface area contributed by atoms with E-state index in [0.29, 0.717) is 11.1 Å². The number of hydrogen-bond donors (Lipinski definition) is 2. The highest BCUT2D eigenvalue weighted by Crippen LogP contribution is 2.28. The Morgan fingerprint density at radius 2 is 1.67 bits per heavy atom. The van der Waals surface area contributed by atoms with E-state index in [1.54, 1.807) is 18.2 Å². The molecule has 4 heteroatoms. The molecule has 0 aromatic heterocycles. The van der Waals surface area contributed by atoms with Crippen LogP contribution in [0.5, 0.6) is 0 Å². The number of rotatable bonds is 6. The number of hydrogen-bond acceptors (Lipinski definition) is 2. The summed E-state index contributed by atoms with van der Waals surface area (Å²) in [6.07, 6.45) is 0.804. The normalized spacial score (nSPS) is 12.5. The number of nitrogens with two attached hydrogens (primary N) is 1. The molecule has 0 spiro atoms. The number of carbonyl (C=O) groups is 2. The summed E-state index contributed by atoms with van der Waals surface area (Å²) in [5.74, 6) is -0.739. The molecule has 1 unspecified atom stereocenters. The standard InChI is InChI=1S/C20H24N2O2/c1-14(13-20(2,3)17-10-5-4-6-11-17)22-19(24)16-9-7-8-15(12-16)18(21)23/h4-12,14H,13H2,1-3H3,(H2,21,23)(H,22,24). The van der Waals surface area contributed by atoms with Gasteiger partial charge in [0.1, 0.15) is 0 Å². The first-order chi connectivity index (χ1) is 11.3. The van der Waals surface area contributed by atoms with Gasteiger partial charge in [0.2, 0.25) is 5.91 Å². The topological polar surface area (TPSA) is 72.2 Å². The summed E-state index contributed by atoms with van der Waals surface area (Å²) in [6.45, 7) is 6.32. The Labute approximate surface area is 143 Å². The molecule has 0 saturated heterocycles. The number of amides is 2. The van der Waals surface area contributed by atoms with Crippen molar-refractivity contribution in [1.82, 2.24) is 5.32 Å². The average molecular weight is 324 g/mol. The predicted molar refractivity (Wildman–Crippen MR) is 96.0 cm³/mol. The fraction of sp³-hybridized carbons (Fsp3) is 0.300. The summed E-state index contributed by atoms with van der Waals surface area (Å²) >= 11 is 0. The van der Waals surface area contributed by atoms with E-state index in [1.807, 2.05) is 25.1 Å². The Bertz CT molecular complexity index is 723. The number of nitrogens with one attached hydrogen (secondary N) is 1. The summed E-state index contributed by atoms with van der Waals surface area (Å²) in [6, 6.07) is 16.7. The zero-order valence-electron chi connectivity index (χ0n) is 14.4. The zero-order valence-corrected chi connectivity index (χ0v) is 14.4. The highest BCUT2D eigenvalue weighted by Gasteiger charge is 2.24. The largest absolute Gasteiger partial charge is 0.366 e. The molecule has 24 heavy (non-hydrogen) atoms. The second-order valence-electron chi connectivity index (χ2n) is 6.77. The van der Waals surface area contributed by atoms with E-state index in [0.717, 1.165) is 6.42 Å². The third kappa shape index (κ3) is 4.44. The number of primary amides is 1. The van der Waals surface area contributed by atoms with Crippen molar-refractivity contribution in [2.24, 2.45) is 5.73 Å². The molecule has 126 valence electrons. The Hall–Kier alpha value is -2.62. The van der Waals surface area contributed by atoms with Crippen molar-refractivity contribution in [2.45, 2.75) is 38.6 Å². The Morgan fingerprint density at radius 1 is 1.04 bits per heavy atom. The first kappa shape index (κ1) is 17.7. The lowest BCUT2D eigenvalue weighted by Crippen LogP contribution is -2.37. The Kier molecular flexibility index (Phi) is 5.39. The van der Waals surface area contributed by atoms with Gasteiger partial charge in [-0.05, 0) is 42.5 Å². The molecular formula is C20H24N2O2. The maximum absolute atomic E-state index is 12.4. The summed E-state index contributed by atoms with van der Waals surface area (Å²) in [7, 11) is 0. The molecular weight excluding hydrogens is 300 g/mol. The van der Waals surface area contributed by atoms with Gasteiger partial charge in [0.25, 0.3) is 5.91 Å². The van der Waals surface area contributed by atoms with Crippen molar-refractivity contribution in [3.8, 4) is 0 Å². The smallest absolute Gasteiger partial charge is 0.251 e. The SMILES string of the molecule is CC(CC(C)(C)c1ccccc1)NC(=O)c1cccc(C(N)=O)c1. The highest BCUT2D eigenvalue weighted by atomic mass is 16.2. The fourth-order valence-electron chi connectivity index (χ4n) is 2.94. The van der Waals surface area contributed by atoms with Gasteiger partial charge in [0.05, 0.1) is 0 Å². The second kappa shape index (κ2) is 7.30. The third-order valence-corrected chi connectivity index (χ3v) is 4.16.